The van der Waals surface area contributed by atoms with E-state index < -0.39 is 23.8 Å². The highest BCUT2D eigenvalue weighted by Crippen LogP contribution is 2.33. The van der Waals surface area contributed by atoms with Crippen molar-refractivity contribution >= 4 is 23.5 Å². The fourth-order valence-electron chi connectivity index (χ4n) is 2.66. The number of imide groups is 1. The lowest BCUT2D eigenvalue weighted by atomic mass is 9.98. The first-order chi connectivity index (χ1) is 11.5. The molecule has 1 atom stereocenters. The zero-order valence-electron chi connectivity index (χ0n) is 13.4. The smallest absolute Gasteiger partial charge is 0.329 e. The lowest BCUT2D eigenvalue weighted by Crippen LogP contribution is -2.49. The summed E-state index contributed by atoms with van der Waals surface area (Å²) in [6, 6.07) is 16.9. The molecule has 6 nitrogen and oxygen atoms in total. The van der Waals surface area contributed by atoms with Crippen molar-refractivity contribution in [2.45, 2.75) is 5.92 Å². The van der Waals surface area contributed by atoms with Gasteiger partial charge in [0, 0.05) is 14.1 Å². The van der Waals surface area contributed by atoms with Crippen molar-refractivity contribution < 1.29 is 14.4 Å². The minimum Gasteiger partial charge on any atom is -0.329 e. The molecule has 1 aliphatic heterocycles. The van der Waals surface area contributed by atoms with E-state index >= 15 is 0 Å². The zero-order chi connectivity index (χ0) is 17.3. The molecule has 0 aliphatic carbocycles. The van der Waals surface area contributed by atoms with Crippen LogP contribution in [0.15, 0.2) is 60.7 Å². The summed E-state index contributed by atoms with van der Waals surface area (Å²) in [6.45, 7) is 0. The molecule has 0 N–H and O–H groups in total. The minimum absolute atomic E-state index is 0.437. The number of rotatable bonds is 2. The van der Waals surface area contributed by atoms with E-state index in [0.717, 1.165) is 10.0 Å². The normalized spacial score (nSPS) is 17.3. The van der Waals surface area contributed by atoms with E-state index in [0.29, 0.717) is 11.3 Å². The Morgan fingerprint density at radius 3 is 1.96 bits per heavy atom. The summed E-state index contributed by atoms with van der Waals surface area (Å²) < 4.78 is 0. The monoisotopic (exact) mass is 323 g/mol. The van der Waals surface area contributed by atoms with Crippen LogP contribution in [0.25, 0.3) is 0 Å². The molecule has 1 unspecified atom stereocenters. The Balaban J connectivity index is 2.10. The van der Waals surface area contributed by atoms with Gasteiger partial charge < -0.3 is 4.90 Å². The predicted octanol–water partition coefficient (Wildman–Crippen LogP) is 2.24. The van der Waals surface area contributed by atoms with Crippen molar-refractivity contribution in [3.8, 4) is 0 Å². The number of benzene rings is 2. The van der Waals surface area contributed by atoms with E-state index in [1.807, 2.05) is 6.07 Å². The van der Waals surface area contributed by atoms with Crippen molar-refractivity contribution in [2.75, 3.05) is 19.1 Å². The van der Waals surface area contributed by atoms with Gasteiger partial charge in [-0.2, -0.15) is 5.01 Å². The summed E-state index contributed by atoms with van der Waals surface area (Å²) in [4.78, 5) is 39.6. The van der Waals surface area contributed by atoms with Crippen molar-refractivity contribution in [2.24, 2.45) is 0 Å². The van der Waals surface area contributed by atoms with Gasteiger partial charge in [0.25, 0.3) is 11.8 Å². The lowest BCUT2D eigenvalue weighted by molar-refractivity contribution is -0.127. The number of hydrogen-bond acceptors (Lipinski definition) is 3. The van der Waals surface area contributed by atoms with Crippen molar-refractivity contribution in [1.82, 2.24) is 9.91 Å². The second-order valence-corrected chi connectivity index (χ2v) is 5.66. The number of amides is 4. The molecular formula is C18H17N3O3. The van der Waals surface area contributed by atoms with Crippen LogP contribution < -0.4 is 5.01 Å². The average molecular weight is 323 g/mol. The van der Waals surface area contributed by atoms with E-state index in [4.69, 9.17) is 0 Å². The molecule has 0 radical (unpaired) electrons. The second kappa shape index (κ2) is 6.16. The predicted molar refractivity (Wildman–Crippen MR) is 89.0 cm³/mol. The van der Waals surface area contributed by atoms with Gasteiger partial charge in [0.05, 0.1) is 5.69 Å². The summed E-state index contributed by atoms with van der Waals surface area (Å²) >= 11 is 0. The Kier molecular flexibility index (Phi) is 4.04. The molecule has 4 amide bonds. The van der Waals surface area contributed by atoms with Crippen LogP contribution in [-0.4, -0.2) is 41.8 Å². The third-order valence-electron chi connectivity index (χ3n) is 3.81. The summed E-state index contributed by atoms with van der Waals surface area (Å²) in [5, 5.41) is 2.07. The average Bonchev–Trinajstić information content (AvgIpc) is 2.86. The van der Waals surface area contributed by atoms with E-state index in [1.54, 1.807) is 68.7 Å². The minimum atomic E-state index is -1.02. The first-order valence-corrected chi connectivity index (χ1v) is 7.51. The quantitative estimate of drug-likeness (QED) is 0.796. The summed E-state index contributed by atoms with van der Waals surface area (Å²) in [7, 11) is 3.08. The van der Waals surface area contributed by atoms with Crippen LogP contribution in [0.2, 0.25) is 0 Å². The van der Waals surface area contributed by atoms with Crippen molar-refractivity contribution in [1.29, 1.82) is 0 Å². The number of nitrogens with zero attached hydrogens (tertiary/aromatic N) is 3. The largest absolute Gasteiger partial charge is 0.346 e. The standard InChI is InChI=1S/C18H17N3O3/c1-19(2)18(24)21-17(23)15(13-9-5-3-6-10-13)16(22)20(21)14-11-7-4-8-12-14/h3-12,15H,1-2H3. The summed E-state index contributed by atoms with van der Waals surface area (Å²) in [5.74, 6) is -2.00. The Bertz CT molecular complexity index is 775. The SMILES string of the molecule is CN(C)C(=O)N1C(=O)C(c2ccccc2)C(=O)N1c1ccccc1. The topological polar surface area (TPSA) is 60.9 Å². The molecule has 3 rings (SSSR count). The van der Waals surface area contributed by atoms with Crippen LogP contribution in [-0.2, 0) is 9.59 Å². The molecule has 2 aromatic carbocycles. The molecule has 0 aromatic heterocycles. The molecule has 122 valence electrons. The Labute approximate surface area is 139 Å². The number of anilines is 1. The highest BCUT2D eigenvalue weighted by molar-refractivity contribution is 6.23. The molecule has 2 aromatic rings. The van der Waals surface area contributed by atoms with Crippen LogP contribution in [0, 0.1) is 0 Å². The molecule has 0 bridgehead atoms. The maximum absolute atomic E-state index is 12.9. The van der Waals surface area contributed by atoms with Gasteiger partial charge in [-0.15, -0.1) is 0 Å². The molecule has 24 heavy (non-hydrogen) atoms. The van der Waals surface area contributed by atoms with Gasteiger partial charge in [-0.3, -0.25) is 9.59 Å². The van der Waals surface area contributed by atoms with Crippen LogP contribution in [0.3, 0.4) is 0 Å². The first-order valence-electron chi connectivity index (χ1n) is 7.51. The van der Waals surface area contributed by atoms with Crippen molar-refractivity contribution in [3.05, 3.63) is 66.2 Å². The van der Waals surface area contributed by atoms with Crippen LogP contribution in [0.5, 0.6) is 0 Å². The number of para-hydroxylation sites is 1. The lowest BCUT2D eigenvalue weighted by Gasteiger charge is -2.28. The fourth-order valence-corrected chi connectivity index (χ4v) is 2.66. The number of carbonyl (C=O) groups is 3. The number of carbonyl (C=O) groups excluding carboxylic acids is 3. The molecule has 1 saturated heterocycles. The molecular weight excluding hydrogens is 306 g/mol. The molecule has 0 saturated carbocycles. The van der Waals surface area contributed by atoms with Crippen molar-refractivity contribution in [3.63, 3.8) is 0 Å². The number of hydrazine groups is 1. The van der Waals surface area contributed by atoms with Gasteiger partial charge in [0.2, 0.25) is 0 Å². The zero-order valence-corrected chi connectivity index (χ0v) is 13.4. The molecule has 6 heteroatoms. The third-order valence-corrected chi connectivity index (χ3v) is 3.81. The van der Waals surface area contributed by atoms with Gasteiger partial charge in [-0.05, 0) is 17.7 Å². The maximum atomic E-state index is 12.9. The van der Waals surface area contributed by atoms with Crippen LogP contribution in [0.1, 0.15) is 11.5 Å². The first kappa shape index (κ1) is 15.7. The van der Waals surface area contributed by atoms with E-state index in [1.165, 1.54) is 4.90 Å². The molecule has 1 fully saturated rings. The highest BCUT2D eigenvalue weighted by atomic mass is 16.2. The van der Waals surface area contributed by atoms with E-state index in [2.05, 4.69) is 0 Å². The Morgan fingerprint density at radius 2 is 1.42 bits per heavy atom. The number of urea groups is 1. The Morgan fingerprint density at radius 1 is 0.875 bits per heavy atom. The Hall–Kier alpha value is -3.15. The molecule has 1 heterocycles. The van der Waals surface area contributed by atoms with Crippen LogP contribution in [0.4, 0.5) is 10.5 Å². The van der Waals surface area contributed by atoms with Gasteiger partial charge in [-0.25, -0.2) is 9.80 Å². The van der Waals surface area contributed by atoms with Gasteiger partial charge in [0.1, 0.15) is 5.92 Å². The molecule has 1 aliphatic rings. The third kappa shape index (κ3) is 2.52. The second-order valence-electron chi connectivity index (χ2n) is 5.66. The summed E-state index contributed by atoms with van der Waals surface area (Å²) in [5.41, 5.74) is 1.05. The fraction of sp³-hybridized carbons (Fsp3) is 0.167. The highest BCUT2D eigenvalue weighted by Gasteiger charge is 2.50. The van der Waals surface area contributed by atoms with Crippen LogP contribution >= 0.6 is 0 Å². The molecule has 0 spiro atoms. The van der Waals surface area contributed by atoms with Gasteiger partial charge in [0.15, 0.2) is 0 Å². The van der Waals surface area contributed by atoms with Gasteiger partial charge in [-0.1, -0.05) is 48.5 Å². The van der Waals surface area contributed by atoms with E-state index in [9.17, 15) is 14.4 Å². The summed E-state index contributed by atoms with van der Waals surface area (Å²) in [6.07, 6.45) is 0. The number of hydrogen-bond donors (Lipinski definition) is 0. The maximum Gasteiger partial charge on any atom is 0.346 e. The van der Waals surface area contributed by atoms with Gasteiger partial charge >= 0.3 is 6.03 Å². The van der Waals surface area contributed by atoms with E-state index in [-0.39, 0.29) is 0 Å².